The number of phenols is 5. The minimum atomic E-state index is -2.15. The van der Waals surface area contributed by atoms with E-state index in [1.807, 2.05) is 0 Å². The second-order valence-electron chi connectivity index (χ2n) is 19.2. The van der Waals surface area contributed by atoms with Gasteiger partial charge < -0.3 is 123 Å². The lowest BCUT2D eigenvalue weighted by Gasteiger charge is -2.45. The molecule has 4 aromatic carbocycles. The van der Waals surface area contributed by atoms with Gasteiger partial charge >= 0.3 is 23.9 Å². The van der Waals surface area contributed by atoms with E-state index in [0.717, 1.165) is 36.4 Å². The van der Waals surface area contributed by atoms with Crippen molar-refractivity contribution in [1.82, 2.24) is 0 Å². The summed E-state index contributed by atoms with van der Waals surface area (Å²) in [5.74, 6) is -7.86. The molecule has 29 nitrogen and oxygen atoms in total. The van der Waals surface area contributed by atoms with Crippen molar-refractivity contribution < 1.29 is 142 Å². The summed E-state index contributed by atoms with van der Waals surface area (Å²) in [4.78, 5) is 49.6. The molecule has 15 atom stereocenters. The van der Waals surface area contributed by atoms with Gasteiger partial charge in [-0.3, -0.25) is 9.59 Å². The zero-order chi connectivity index (χ0) is 60.7. The van der Waals surface area contributed by atoms with E-state index in [1.165, 1.54) is 74.9 Å². The number of ether oxygens (including phenoxy) is 12. The van der Waals surface area contributed by atoms with Crippen molar-refractivity contribution in [2.45, 2.75) is 98.5 Å². The number of esters is 3. The molecule has 3 saturated heterocycles. The predicted octanol–water partition coefficient (Wildman–Crippen LogP) is -0.418. The average Bonchev–Trinajstić information content (AvgIpc) is 3.53. The molecule has 14 N–H and O–H groups in total. The molecule has 3 fully saturated rings. The lowest BCUT2D eigenvalue weighted by atomic mass is 9.97. The fraction of sp³-hybridized carbons (Fsp3) is 0.382. The number of aromatic hydroxyl groups is 6. The third kappa shape index (κ3) is 14.5. The third-order valence-electron chi connectivity index (χ3n) is 13.3. The standard InChI is InChI=1S/C55H58O29/c1-73-34-13-24(14-35(74-2)44(34)67)6-12-41(64)83-51-43(66)31(60)20-77-54(51)84-52-48(71)46(69)38(21-75-40(63)11-5-23-3-8-26(56)9-4-23)82-55(52)80-36-18-28-32(78-50(36)25-7-10-29(58)30(59)15-25)16-27(57)17-33(28)79-53-49(72)47(70)45(68)37(81-53)22-76-42(65)19-39(61)62/h3-18,31,37-38,43,45-60,66-72H,19-22H2,1-2H3,(H,61,62)/p+1. The van der Waals surface area contributed by atoms with E-state index in [-0.39, 0.29) is 56.9 Å². The van der Waals surface area contributed by atoms with Crippen molar-refractivity contribution in [1.29, 1.82) is 0 Å². The molecular formula is C55H59O29+. The maximum atomic E-state index is 13.5. The van der Waals surface area contributed by atoms with Gasteiger partial charge in [0.15, 0.2) is 47.3 Å². The number of carboxylic acid groups (broad SMARTS) is 1. The molecular weight excluding hydrogens is 1120 g/mol. The smallest absolute Gasteiger partial charge is 0.331 e. The highest BCUT2D eigenvalue weighted by Gasteiger charge is 2.53. The molecule has 29 heteroatoms. The molecule has 0 radical (unpaired) electrons. The van der Waals surface area contributed by atoms with Crippen LogP contribution in [0.3, 0.4) is 0 Å². The largest absolute Gasteiger partial charge is 0.571 e. The Morgan fingerprint density at radius 2 is 1.26 bits per heavy atom. The number of aliphatic hydroxyl groups excluding tert-OH is 7. The first-order valence-corrected chi connectivity index (χ1v) is 25.4. The van der Waals surface area contributed by atoms with Gasteiger partial charge in [0.1, 0.15) is 97.4 Å². The summed E-state index contributed by atoms with van der Waals surface area (Å²) in [5.41, 5.74) is 0.701. The Morgan fingerprint density at radius 3 is 1.93 bits per heavy atom. The van der Waals surface area contributed by atoms with Gasteiger partial charge in [0.25, 0.3) is 11.9 Å². The summed E-state index contributed by atoms with van der Waals surface area (Å²) >= 11 is 0. The van der Waals surface area contributed by atoms with Crippen LogP contribution >= 0.6 is 0 Å². The van der Waals surface area contributed by atoms with Crippen molar-refractivity contribution in [2.24, 2.45) is 0 Å². The molecule has 452 valence electrons. The van der Waals surface area contributed by atoms with Crippen LogP contribution in [0, 0.1) is 0 Å². The van der Waals surface area contributed by atoms with Crippen molar-refractivity contribution >= 4 is 42.1 Å². The Bertz CT molecular complexity index is 3080. The number of rotatable bonds is 20. The van der Waals surface area contributed by atoms with Crippen LogP contribution in [0.2, 0.25) is 0 Å². The minimum absolute atomic E-state index is 0.0162. The van der Waals surface area contributed by atoms with Gasteiger partial charge in [-0.2, -0.15) is 0 Å². The quantitative estimate of drug-likeness (QED) is 0.0133. The molecule has 0 bridgehead atoms. The van der Waals surface area contributed by atoms with E-state index >= 15 is 0 Å². The molecule has 8 rings (SSSR count). The number of aliphatic carboxylic acids is 1. The molecule has 4 aliphatic rings. The number of carbonyl (C=O) groups excluding carboxylic acids is 3. The predicted molar refractivity (Wildman–Crippen MR) is 277 cm³/mol. The molecule has 0 amide bonds. The van der Waals surface area contributed by atoms with Crippen LogP contribution in [0.4, 0.5) is 0 Å². The Balaban J connectivity index is 1.14. The van der Waals surface area contributed by atoms with E-state index in [9.17, 15) is 80.5 Å². The summed E-state index contributed by atoms with van der Waals surface area (Å²) in [5, 5.41) is 139. The number of benzene rings is 4. The van der Waals surface area contributed by atoms with Crippen molar-refractivity contribution in [3.05, 3.63) is 107 Å². The zero-order valence-corrected chi connectivity index (χ0v) is 44.1. The highest BCUT2D eigenvalue weighted by atomic mass is 16.8. The van der Waals surface area contributed by atoms with E-state index in [1.54, 1.807) is 0 Å². The van der Waals surface area contributed by atoms with Crippen LogP contribution in [-0.4, -0.2) is 215 Å². The Hall–Kier alpha value is -8.46. The van der Waals surface area contributed by atoms with Crippen LogP contribution in [0.1, 0.15) is 34.8 Å². The molecule has 4 aliphatic heterocycles. The number of hydrogen-bond donors (Lipinski definition) is 13. The van der Waals surface area contributed by atoms with Gasteiger partial charge in [0.05, 0.1) is 32.5 Å². The van der Waals surface area contributed by atoms with Gasteiger partial charge in [-0.1, -0.05) is 12.1 Å². The Morgan fingerprint density at radius 1 is 0.619 bits per heavy atom. The molecule has 0 aromatic heterocycles. The topological polar surface area (TPSA) is 446 Å². The molecule has 4 heterocycles. The minimum Gasteiger partial charge on any atom is -0.571 e. The van der Waals surface area contributed by atoms with Crippen LogP contribution in [0.5, 0.6) is 51.7 Å². The fourth-order valence-corrected chi connectivity index (χ4v) is 8.94. The average molecular weight is 1180 g/mol. The number of carbonyl (C=O) groups is 4. The van der Waals surface area contributed by atoms with Crippen LogP contribution in [-0.2, 0) is 57.1 Å². The van der Waals surface area contributed by atoms with Crippen molar-refractivity contribution in [3.8, 4) is 51.7 Å². The van der Waals surface area contributed by atoms with E-state index in [4.69, 9.17) is 61.9 Å². The van der Waals surface area contributed by atoms with Crippen LogP contribution < -0.4 is 14.2 Å². The molecule has 84 heavy (non-hydrogen) atoms. The van der Waals surface area contributed by atoms with Gasteiger partial charge in [-0.05, 0) is 65.7 Å². The normalized spacial score (nSPS) is 28.5. The summed E-state index contributed by atoms with van der Waals surface area (Å²) < 4.78 is 67.2. The summed E-state index contributed by atoms with van der Waals surface area (Å²) in [6.07, 6.45) is -23.8. The summed E-state index contributed by atoms with van der Waals surface area (Å²) in [6, 6.07) is 14.1. The van der Waals surface area contributed by atoms with Gasteiger partial charge in [0.2, 0.25) is 18.3 Å². The first-order chi connectivity index (χ1) is 40.0. The molecule has 4 aromatic rings. The number of carboxylic acids is 1. The SMILES string of the molecule is COc1cc(C=CC(=O)OC2C(OC3C(OC4=Cc5c(OC6OC(COC(=O)CC(=O)O)C(O)C(O)C6O)cc(O)cc5[OH+]C4c4ccc(O)c(O)c4)OC(COC(=O)C=Cc4ccc(O)cc4)C(O)C3O)OCC(O)C2O)cc(OC)c1O. The maximum absolute atomic E-state index is 13.5. The third-order valence-corrected chi connectivity index (χ3v) is 13.3. The molecule has 0 saturated carbocycles. The second-order valence-corrected chi connectivity index (χ2v) is 19.2. The number of methoxy groups -OCH3 is 2. The number of fused-ring (bicyclic) bond motifs is 1. The first-order valence-electron chi connectivity index (χ1n) is 25.4. The number of phenolic OH excluding ortho intramolecular Hbond substituents is 5. The first kappa shape index (κ1) is 61.6. The van der Waals surface area contributed by atoms with Gasteiger partial charge in [-0.25, -0.2) is 9.59 Å². The van der Waals surface area contributed by atoms with Gasteiger partial charge in [0, 0.05) is 24.3 Å². The molecule has 15 unspecified atom stereocenters. The Kier molecular flexibility index (Phi) is 19.7. The van der Waals surface area contributed by atoms with Crippen molar-refractivity contribution in [3.63, 3.8) is 0 Å². The van der Waals surface area contributed by atoms with E-state index in [2.05, 4.69) is 0 Å². The monoisotopic (exact) mass is 1180 g/mol. The summed E-state index contributed by atoms with van der Waals surface area (Å²) in [6.45, 7) is -2.28. The lowest BCUT2D eigenvalue weighted by molar-refractivity contribution is -0.353. The van der Waals surface area contributed by atoms with Crippen LogP contribution in [0.15, 0.2) is 84.6 Å². The highest BCUT2D eigenvalue weighted by Crippen LogP contribution is 2.48. The zero-order valence-electron chi connectivity index (χ0n) is 44.1. The molecule has 0 aliphatic carbocycles. The van der Waals surface area contributed by atoms with Gasteiger partial charge in [-0.15, -0.1) is 0 Å². The fourth-order valence-electron chi connectivity index (χ4n) is 8.94. The second kappa shape index (κ2) is 26.8. The number of aliphatic hydroxyl groups is 8. The van der Waals surface area contributed by atoms with Crippen molar-refractivity contribution in [2.75, 3.05) is 34.0 Å². The lowest BCUT2D eigenvalue weighted by Crippen LogP contribution is -2.63. The number of hydrogen-bond acceptors (Lipinski definition) is 27. The van der Waals surface area contributed by atoms with Crippen LogP contribution in [0.25, 0.3) is 18.2 Å². The molecule has 0 spiro atoms. The highest BCUT2D eigenvalue weighted by molar-refractivity contribution is 5.90. The Labute approximate surface area is 474 Å². The van der Waals surface area contributed by atoms with E-state index in [0.29, 0.717) is 5.56 Å². The summed E-state index contributed by atoms with van der Waals surface area (Å²) in [7, 11) is 2.56. The maximum Gasteiger partial charge on any atom is 0.331 e. The van der Waals surface area contributed by atoms with E-state index < -0.39 is 159 Å².